The van der Waals surface area contributed by atoms with Crippen LogP contribution in [0.25, 0.3) is 0 Å². The number of aryl methyl sites for hydroxylation is 1. The zero-order chi connectivity index (χ0) is 22.3. The van der Waals surface area contributed by atoms with Crippen LogP contribution in [0.5, 0.6) is 0 Å². The van der Waals surface area contributed by atoms with Gasteiger partial charge in [-0.05, 0) is 61.9 Å². The minimum absolute atomic E-state index is 0.220. The van der Waals surface area contributed by atoms with Crippen LogP contribution >= 0.6 is 0 Å². The van der Waals surface area contributed by atoms with Gasteiger partial charge in [-0.2, -0.15) is 4.31 Å². The predicted molar refractivity (Wildman–Crippen MR) is 122 cm³/mol. The zero-order valence-corrected chi connectivity index (χ0v) is 19.0. The van der Waals surface area contributed by atoms with Gasteiger partial charge in [-0.1, -0.05) is 30.3 Å². The van der Waals surface area contributed by atoms with Gasteiger partial charge in [0.25, 0.3) is 0 Å². The molecule has 3 rings (SSSR count). The molecule has 0 amide bonds. The van der Waals surface area contributed by atoms with Gasteiger partial charge in [0.15, 0.2) is 5.96 Å². The van der Waals surface area contributed by atoms with Crippen LogP contribution in [-0.2, 0) is 16.6 Å². The highest BCUT2D eigenvalue weighted by molar-refractivity contribution is 7.89. The van der Waals surface area contributed by atoms with Crippen molar-refractivity contribution >= 4 is 16.0 Å². The summed E-state index contributed by atoms with van der Waals surface area (Å²) in [6, 6.07) is 13.8. The van der Waals surface area contributed by atoms with Gasteiger partial charge in [0.2, 0.25) is 10.0 Å². The summed E-state index contributed by atoms with van der Waals surface area (Å²) in [7, 11) is -3.43. The minimum Gasteiger partial charge on any atom is -0.357 e. The molecular formula is C23H31FN4O2S. The summed E-state index contributed by atoms with van der Waals surface area (Å²) in [5, 5.41) is 6.56. The minimum atomic E-state index is -3.43. The molecule has 0 radical (unpaired) electrons. The molecule has 2 aromatic carbocycles. The maximum absolute atomic E-state index is 13.7. The van der Waals surface area contributed by atoms with E-state index in [-0.39, 0.29) is 5.82 Å². The molecule has 0 aromatic heterocycles. The van der Waals surface area contributed by atoms with Crippen molar-refractivity contribution in [1.82, 2.24) is 14.9 Å². The van der Waals surface area contributed by atoms with Crippen LogP contribution in [-0.4, -0.2) is 44.9 Å². The summed E-state index contributed by atoms with van der Waals surface area (Å²) < 4.78 is 40.8. The Morgan fingerprint density at radius 2 is 1.84 bits per heavy atom. The van der Waals surface area contributed by atoms with E-state index in [1.807, 2.05) is 19.1 Å². The molecule has 0 unspecified atom stereocenters. The van der Waals surface area contributed by atoms with Crippen molar-refractivity contribution in [2.75, 3.05) is 26.2 Å². The highest BCUT2D eigenvalue weighted by Gasteiger charge is 2.29. The maximum atomic E-state index is 13.7. The fourth-order valence-corrected chi connectivity index (χ4v) is 5.07. The third kappa shape index (κ3) is 6.27. The molecule has 0 aliphatic carbocycles. The first kappa shape index (κ1) is 23.2. The molecule has 6 nitrogen and oxygen atoms in total. The van der Waals surface area contributed by atoms with E-state index >= 15 is 0 Å². The Kier molecular flexibility index (Phi) is 8.03. The lowest BCUT2D eigenvalue weighted by Gasteiger charge is -2.31. The van der Waals surface area contributed by atoms with Crippen molar-refractivity contribution < 1.29 is 12.8 Å². The first-order valence-corrected chi connectivity index (χ1v) is 12.2. The fourth-order valence-electron chi connectivity index (χ4n) is 3.58. The Morgan fingerprint density at radius 1 is 1.13 bits per heavy atom. The first-order chi connectivity index (χ1) is 14.9. The second-order valence-corrected chi connectivity index (χ2v) is 9.76. The van der Waals surface area contributed by atoms with Crippen LogP contribution in [0.1, 0.15) is 30.9 Å². The lowest BCUT2D eigenvalue weighted by atomic mass is 9.98. The van der Waals surface area contributed by atoms with Crippen molar-refractivity contribution in [2.24, 2.45) is 10.9 Å². The number of hydrogen-bond donors (Lipinski definition) is 2. The molecule has 0 spiro atoms. The Morgan fingerprint density at radius 3 is 2.48 bits per heavy atom. The molecule has 1 fully saturated rings. The molecule has 1 saturated heterocycles. The summed E-state index contributed by atoms with van der Waals surface area (Å²) in [6.07, 6.45) is 1.59. The zero-order valence-electron chi connectivity index (χ0n) is 18.1. The lowest BCUT2D eigenvalue weighted by molar-refractivity contribution is 0.273. The van der Waals surface area contributed by atoms with Crippen molar-refractivity contribution in [2.45, 2.75) is 38.1 Å². The quantitative estimate of drug-likeness (QED) is 0.506. The van der Waals surface area contributed by atoms with Gasteiger partial charge in [0, 0.05) is 26.2 Å². The average Bonchev–Trinajstić information content (AvgIpc) is 2.79. The van der Waals surface area contributed by atoms with Gasteiger partial charge in [0.05, 0.1) is 11.4 Å². The molecular weight excluding hydrogens is 415 g/mol. The third-order valence-electron chi connectivity index (χ3n) is 5.51. The Hall–Kier alpha value is -2.45. The number of rotatable bonds is 7. The van der Waals surface area contributed by atoms with E-state index < -0.39 is 10.0 Å². The third-order valence-corrected chi connectivity index (χ3v) is 7.43. The Balaban J connectivity index is 1.52. The second kappa shape index (κ2) is 10.7. The SMILES string of the molecule is CCNC(=NCc1ccc(C)c(F)c1)NCC1CCN(S(=O)(=O)c2ccccc2)CC1. The van der Waals surface area contributed by atoms with Gasteiger partial charge in [-0.3, -0.25) is 0 Å². The summed E-state index contributed by atoms with van der Waals surface area (Å²) >= 11 is 0. The molecule has 2 N–H and O–H groups in total. The van der Waals surface area contributed by atoms with Gasteiger partial charge in [0.1, 0.15) is 5.82 Å². The standard InChI is InChI=1S/C23H31FN4O2S/c1-3-25-23(27-17-20-10-9-18(2)22(24)15-20)26-16-19-11-13-28(14-12-19)31(29,30)21-7-5-4-6-8-21/h4-10,15,19H,3,11-14,16-17H2,1-2H3,(H2,25,26,27). The highest BCUT2D eigenvalue weighted by Crippen LogP contribution is 2.23. The number of hydrogen-bond acceptors (Lipinski definition) is 3. The molecule has 1 aliphatic heterocycles. The molecule has 31 heavy (non-hydrogen) atoms. The van der Waals surface area contributed by atoms with Crippen LogP contribution in [0.4, 0.5) is 4.39 Å². The first-order valence-electron chi connectivity index (χ1n) is 10.7. The number of guanidine groups is 1. The number of aliphatic imine (C=N–C) groups is 1. The number of halogens is 1. The second-order valence-electron chi connectivity index (χ2n) is 7.82. The molecule has 0 atom stereocenters. The van der Waals surface area contributed by atoms with Crippen molar-refractivity contribution in [3.63, 3.8) is 0 Å². The molecule has 0 bridgehead atoms. The van der Waals surface area contributed by atoms with E-state index in [2.05, 4.69) is 15.6 Å². The van der Waals surface area contributed by atoms with Crippen LogP contribution in [0.3, 0.4) is 0 Å². The summed E-state index contributed by atoms with van der Waals surface area (Å²) in [5.74, 6) is 0.827. The van der Waals surface area contributed by atoms with Gasteiger partial charge < -0.3 is 10.6 Å². The largest absolute Gasteiger partial charge is 0.357 e. The van der Waals surface area contributed by atoms with E-state index in [0.717, 1.165) is 24.9 Å². The lowest BCUT2D eigenvalue weighted by Crippen LogP contribution is -2.44. The molecule has 2 aromatic rings. The van der Waals surface area contributed by atoms with Crippen LogP contribution < -0.4 is 10.6 Å². The molecule has 168 valence electrons. The molecule has 1 heterocycles. The highest BCUT2D eigenvalue weighted by atomic mass is 32.2. The predicted octanol–water partition coefficient (Wildman–Crippen LogP) is 3.29. The number of nitrogens with one attached hydrogen (secondary N) is 2. The van der Waals surface area contributed by atoms with Crippen molar-refractivity contribution in [3.8, 4) is 0 Å². The van der Waals surface area contributed by atoms with E-state index in [1.165, 1.54) is 6.07 Å². The van der Waals surface area contributed by atoms with E-state index in [9.17, 15) is 12.8 Å². The van der Waals surface area contributed by atoms with Crippen molar-refractivity contribution in [1.29, 1.82) is 0 Å². The van der Waals surface area contributed by atoms with Crippen LogP contribution in [0.15, 0.2) is 58.4 Å². The number of piperidine rings is 1. The molecule has 1 aliphatic rings. The molecule has 8 heteroatoms. The fraction of sp³-hybridized carbons (Fsp3) is 0.435. The van der Waals surface area contributed by atoms with Gasteiger partial charge in [-0.15, -0.1) is 0 Å². The van der Waals surface area contributed by atoms with Crippen LogP contribution in [0, 0.1) is 18.7 Å². The monoisotopic (exact) mass is 446 g/mol. The van der Waals surface area contributed by atoms with Gasteiger partial charge in [-0.25, -0.2) is 17.8 Å². The van der Waals surface area contributed by atoms with E-state index in [0.29, 0.717) is 48.5 Å². The van der Waals surface area contributed by atoms with Gasteiger partial charge >= 0.3 is 0 Å². The topological polar surface area (TPSA) is 73.8 Å². The smallest absolute Gasteiger partial charge is 0.243 e. The summed E-state index contributed by atoms with van der Waals surface area (Å²) in [5.41, 5.74) is 1.44. The van der Waals surface area contributed by atoms with Crippen molar-refractivity contribution in [3.05, 3.63) is 65.5 Å². The number of nitrogens with zero attached hydrogens (tertiary/aromatic N) is 2. The van der Waals surface area contributed by atoms with Crippen LogP contribution in [0.2, 0.25) is 0 Å². The van der Waals surface area contributed by atoms with E-state index in [1.54, 1.807) is 41.6 Å². The summed E-state index contributed by atoms with van der Waals surface area (Å²) in [6.45, 7) is 6.59. The average molecular weight is 447 g/mol. The maximum Gasteiger partial charge on any atom is 0.243 e. The number of benzene rings is 2. The number of sulfonamides is 1. The molecule has 0 saturated carbocycles. The Labute approximate surface area is 184 Å². The van der Waals surface area contributed by atoms with E-state index in [4.69, 9.17) is 0 Å². The Bertz CT molecular complexity index is 988. The normalized spacial score (nSPS) is 16.3. The summed E-state index contributed by atoms with van der Waals surface area (Å²) in [4.78, 5) is 4.90.